The van der Waals surface area contributed by atoms with Gasteiger partial charge >= 0.3 is 0 Å². The highest BCUT2D eigenvalue weighted by Crippen LogP contribution is 2.20. The lowest BCUT2D eigenvalue weighted by molar-refractivity contribution is 0.114. The Hall–Kier alpha value is -0.610. The number of halogens is 1. The van der Waals surface area contributed by atoms with Gasteiger partial charge in [-0.15, -0.1) is 12.4 Å². The first-order valence-corrected chi connectivity index (χ1v) is 5.99. The van der Waals surface area contributed by atoms with Crippen LogP contribution in [0.5, 0.6) is 0 Å². The van der Waals surface area contributed by atoms with Crippen LogP contribution in [0.15, 0.2) is 30.3 Å². The molecule has 2 N–H and O–H groups in total. The first-order valence-electron chi connectivity index (χ1n) is 5.99. The van der Waals surface area contributed by atoms with Crippen molar-refractivity contribution < 1.29 is 0 Å². The van der Waals surface area contributed by atoms with Crippen LogP contribution in [0.3, 0.4) is 0 Å². The topological polar surface area (TPSA) is 32.5 Å². The zero-order valence-corrected chi connectivity index (χ0v) is 11.2. The first kappa shape index (κ1) is 14.5. The van der Waals surface area contributed by atoms with Crippen molar-refractivity contribution in [3.05, 3.63) is 35.9 Å². The van der Waals surface area contributed by atoms with Crippen molar-refractivity contribution in [2.45, 2.75) is 6.04 Å². The molecule has 3 nitrogen and oxygen atoms in total. The normalized spacial score (nSPS) is 19.6. The van der Waals surface area contributed by atoms with E-state index in [0.29, 0.717) is 12.6 Å². The predicted molar refractivity (Wildman–Crippen MR) is 74.6 cm³/mol. The molecule has 1 aliphatic heterocycles. The van der Waals surface area contributed by atoms with Gasteiger partial charge < -0.3 is 10.6 Å². The molecule has 0 aromatic heterocycles. The van der Waals surface area contributed by atoms with E-state index >= 15 is 0 Å². The van der Waals surface area contributed by atoms with Crippen molar-refractivity contribution in [3.63, 3.8) is 0 Å². The van der Waals surface area contributed by atoms with Gasteiger partial charge in [0.2, 0.25) is 0 Å². The number of likely N-dealkylation sites (N-methyl/N-ethyl adjacent to an activating group) is 1. The molecule has 1 fully saturated rings. The smallest absolute Gasteiger partial charge is 0.0471 e. The Kier molecular flexibility index (Phi) is 5.92. The molecule has 96 valence electrons. The second-order valence-electron chi connectivity index (χ2n) is 4.50. The van der Waals surface area contributed by atoms with E-state index in [4.69, 9.17) is 5.73 Å². The summed E-state index contributed by atoms with van der Waals surface area (Å²) in [5, 5.41) is 0. The Bertz CT molecular complexity index is 310. The van der Waals surface area contributed by atoms with Crippen LogP contribution in [0.4, 0.5) is 0 Å². The zero-order valence-electron chi connectivity index (χ0n) is 10.4. The van der Waals surface area contributed by atoms with Gasteiger partial charge in [0.05, 0.1) is 0 Å². The lowest BCUT2D eigenvalue weighted by Crippen LogP contribution is -2.47. The molecule has 1 aromatic rings. The largest absolute Gasteiger partial charge is 0.329 e. The predicted octanol–water partition coefficient (Wildman–Crippen LogP) is 1.36. The number of hydrogen-bond acceptors (Lipinski definition) is 3. The lowest BCUT2D eigenvalue weighted by atomic mass is 10.0. The van der Waals surface area contributed by atoms with Gasteiger partial charge in [-0.3, -0.25) is 4.90 Å². The summed E-state index contributed by atoms with van der Waals surface area (Å²) < 4.78 is 0. The average molecular weight is 256 g/mol. The standard InChI is InChI=1S/C13H21N3.ClH/c1-15-7-9-16(10-8-15)13(11-14)12-5-3-2-4-6-12;/h2-6,13H,7-11,14H2,1H3;1H. The first-order chi connectivity index (χ1) is 7.81. The maximum absolute atomic E-state index is 5.92. The van der Waals surface area contributed by atoms with E-state index in [1.54, 1.807) is 0 Å². The Morgan fingerprint density at radius 3 is 2.24 bits per heavy atom. The molecule has 0 radical (unpaired) electrons. The SMILES string of the molecule is CN1CCN(C(CN)c2ccccc2)CC1.Cl. The van der Waals surface area contributed by atoms with Gasteiger partial charge in [-0.05, 0) is 12.6 Å². The number of hydrogen-bond donors (Lipinski definition) is 1. The Morgan fingerprint density at radius 1 is 1.12 bits per heavy atom. The zero-order chi connectivity index (χ0) is 11.4. The molecule has 0 aliphatic carbocycles. The maximum Gasteiger partial charge on any atom is 0.0471 e. The summed E-state index contributed by atoms with van der Waals surface area (Å²) >= 11 is 0. The second-order valence-corrected chi connectivity index (χ2v) is 4.50. The number of rotatable bonds is 3. The molecular formula is C13H22ClN3. The number of piperazine rings is 1. The Morgan fingerprint density at radius 2 is 1.71 bits per heavy atom. The van der Waals surface area contributed by atoms with Crippen LogP contribution in [-0.4, -0.2) is 49.6 Å². The molecule has 17 heavy (non-hydrogen) atoms. The van der Waals surface area contributed by atoms with Crippen LogP contribution in [-0.2, 0) is 0 Å². The fraction of sp³-hybridized carbons (Fsp3) is 0.538. The minimum absolute atomic E-state index is 0. The fourth-order valence-corrected chi connectivity index (χ4v) is 2.30. The van der Waals surface area contributed by atoms with E-state index in [1.165, 1.54) is 5.56 Å². The highest BCUT2D eigenvalue weighted by atomic mass is 35.5. The van der Waals surface area contributed by atoms with E-state index in [-0.39, 0.29) is 12.4 Å². The minimum Gasteiger partial charge on any atom is -0.329 e. The van der Waals surface area contributed by atoms with E-state index < -0.39 is 0 Å². The molecule has 0 bridgehead atoms. The summed E-state index contributed by atoms with van der Waals surface area (Å²) in [6, 6.07) is 11.0. The molecular weight excluding hydrogens is 234 g/mol. The van der Waals surface area contributed by atoms with Crippen LogP contribution < -0.4 is 5.73 Å². The molecule has 4 heteroatoms. The molecule has 1 aliphatic rings. The van der Waals surface area contributed by atoms with Crippen molar-refractivity contribution in [1.29, 1.82) is 0 Å². The fourth-order valence-electron chi connectivity index (χ4n) is 2.30. The van der Waals surface area contributed by atoms with Crippen molar-refractivity contribution in [1.82, 2.24) is 9.80 Å². The molecule has 0 spiro atoms. The van der Waals surface area contributed by atoms with E-state index in [0.717, 1.165) is 26.2 Å². The van der Waals surface area contributed by atoms with Crippen molar-refractivity contribution in [2.24, 2.45) is 5.73 Å². The quantitative estimate of drug-likeness (QED) is 0.885. The summed E-state index contributed by atoms with van der Waals surface area (Å²) in [6.07, 6.45) is 0. The maximum atomic E-state index is 5.92. The van der Waals surface area contributed by atoms with Gasteiger partial charge in [-0.2, -0.15) is 0 Å². The van der Waals surface area contributed by atoms with Gasteiger partial charge in [0.1, 0.15) is 0 Å². The lowest BCUT2D eigenvalue weighted by Gasteiger charge is -2.37. The van der Waals surface area contributed by atoms with Gasteiger partial charge in [-0.1, -0.05) is 30.3 Å². The molecule has 0 amide bonds. The van der Waals surface area contributed by atoms with Gasteiger partial charge in [0.15, 0.2) is 0 Å². The van der Waals surface area contributed by atoms with E-state index in [9.17, 15) is 0 Å². The molecule has 0 saturated carbocycles. The molecule has 1 saturated heterocycles. The summed E-state index contributed by atoms with van der Waals surface area (Å²) in [7, 11) is 2.18. The van der Waals surface area contributed by atoms with Crippen molar-refractivity contribution in [3.8, 4) is 0 Å². The van der Waals surface area contributed by atoms with E-state index in [2.05, 4.69) is 47.2 Å². The van der Waals surface area contributed by atoms with Gasteiger partial charge in [-0.25, -0.2) is 0 Å². The molecule has 1 atom stereocenters. The Labute approximate surface area is 110 Å². The second kappa shape index (κ2) is 6.97. The minimum atomic E-state index is 0. The van der Waals surface area contributed by atoms with Crippen LogP contribution in [0.1, 0.15) is 11.6 Å². The summed E-state index contributed by atoms with van der Waals surface area (Å²) in [5.41, 5.74) is 7.26. The molecule has 1 heterocycles. The van der Waals surface area contributed by atoms with Crippen LogP contribution >= 0.6 is 12.4 Å². The van der Waals surface area contributed by atoms with Crippen LogP contribution in [0.25, 0.3) is 0 Å². The third kappa shape index (κ3) is 3.68. The molecule has 1 aromatic carbocycles. The molecule has 2 rings (SSSR count). The number of benzene rings is 1. The van der Waals surface area contributed by atoms with E-state index in [1.807, 2.05) is 0 Å². The summed E-state index contributed by atoms with van der Waals surface area (Å²) in [4.78, 5) is 4.87. The van der Waals surface area contributed by atoms with Gasteiger partial charge in [0.25, 0.3) is 0 Å². The van der Waals surface area contributed by atoms with Crippen molar-refractivity contribution in [2.75, 3.05) is 39.8 Å². The monoisotopic (exact) mass is 255 g/mol. The number of nitrogens with two attached hydrogens (primary N) is 1. The van der Waals surface area contributed by atoms with Crippen LogP contribution in [0.2, 0.25) is 0 Å². The molecule has 1 unspecified atom stereocenters. The van der Waals surface area contributed by atoms with Gasteiger partial charge in [0, 0.05) is 38.8 Å². The third-order valence-electron chi connectivity index (χ3n) is 3.39. The third-order valence-corrected chi connectivity index (χ3v) is 3.39. The number of nitrogens with zero attached hydrogens (tertiary/aromatic N) is 2. The van der Waals surface area contributed by atoms with Crippen LogP contribution in [0, 0.1) is 0 Å². The average Bonchev–Trinajstić information content (AvgIpc) is 2.34. The summed E-state index contributed by atoms with van der Waals surface area (Å²) in [6.45, 7) is 5.22. The Balaban J connectivity index is 0.00000144. The summed E-state index contributed by atoms with van der Waals surface area (Å²) in [5.74, 6) is 0. The highest BCUT2D eigenvalue weighted by molar-refractivity contribution is 5.85. The highest BCUT2D eigenvalue weighted by Gasteiger charge is 2.22. The van der Waals surface area contributed by atoms with Crippen molar-refractivity contribution >= 4 is 12.4 Å².